The average Bonchev–Trinajstić information content (AvgIpc) is 2.45. The highest BCUT2D eigenvalue weighted by molar-refractivity contribution is 5.76. The van der Waals surface area contributed by atoms with Gasteiger partial charge in [-0.25, -0.2) is 4.79 Å². The van der Waals surface area contributed by atoms with E-state index < -0.39 is 6.09 Å². The zero-order valence-corrected chi connectivity index (χ0v) is 12.6. The molecule has 6 nitrogen and oxygen atoms in total. The van der Waals surface area contributed by atoms with E-state index in [4.69, 9.17) is 10.5 Å². The molecule has 116 valence electrons. The molecule has 1 aliphatic rings. The lowest BCUT2D eigenvalue weighted by molar-refractivity contribution is -0.133. The van der Waals surface area contributed by atoms with Crippen LogP contribution in [0.4, 0.5) is 4.79 Å². The van der Waals surface area contributed by atoms with Crippen molar-refractivity contribution in [1.29, 1.82) is 0 Å². The molecule has 0 bridgehead atoms. The van der Waals surface area contributed by atoms with Crippen LogP contribution in [-0.4, -0.2) is 49.2 Å². The first kappa shape index (κ1) is 16.8. The van der Waals surface area contributed by atoms with Gasteiger partial charge in [0.1, 0.15) is 0 Å². The lowest BCUT2D eigenvalue weighted by Gasteiger charge is -2.33. The summed E-state index contributed by atoms with van der Waals surface area (Å²) in [4.78, 5) is 25.4. The maximum Gasteiger partial charge on any atom is 0.407 e. The van der Waals surface area contributed by atoms with Gasteiger partial charge in [-0.15, -0.1) is 0 Å². The third-order valence-corrected chi connectivity index (χ3v) is 3.75. The fraction of sp³-hybridized carbons (Fsp3) is 0.857. The van der Waals surface area contributed by atoms with Crippen molar-refractivity contribution in [3.8, 4) is 0 Å². The monoisotopic (exact) mass is 285 g/mol. The number of hydrogen-bond donors (Lipinski definition) is 2. The summed E-state index contributed by atoms with van der Waals surface area (Å²) in [6.45, 7) is 6.05. The summed E-state index contributed by atoms with van der Waals surface area (Å²) in [7, 11) is 0. The second-order valence-electron chi connectivity index (χ2n) is 5.26. The number of piperidine rings is 1. The molecule has 1 saturated heterocycles. The van der Waals surface area contributed by atoms with Gasteiger partial charge in [0, 0.05) is 25.6 Å². The molecule has 0 saturated carbocycles. The average molecular weight is 285 g/mol. The minimum atomic E-state index is -0.403. The van der Waals surface area contributed by atoms with Crippen LogP contribution in [0.2, 0.25) is 0 Å². The van der Waals surface area contributed by atoms with Gasteiger partial charge in [0.05, 0.1) is 6.61 Å². The number of likely N-dealkylation sites (tertiary alicyclic amines) is 1. The van der Waals surface area contributed by atoms with E-state index in [1.165, 1.54) is 0 Å². The molecular formula is C14H27N3O3. The topological polar surface area (TPSA) is 84.7 Å². The summed E-state index contributed by atoms with van der Waals surface area (Å²) in [6, 6.07) is -0.00953. The van der Waals surface area contributed by atoms with Gasteiger partial charge >= 0.3 is 6.09 Å². The number of hydrogen-bond acceptors (Lipinski definition) is 4. The minimum Gasteiger partial charge on any atom is -0.450 e. The quantitative estimate of drug-likeness (QED) is 0.765. The van der Waals surface area contributed by atoms with Crippen LogP contribution in [0, 0.1) is 5.92 Å². The normalized spacial score (nSPS) is 20.4. The number of alkyl carbamates (subject to hydrolysis) is 1. The van der Waals surface area contributed by atoms with Crippen molar-refractivity contribution < 1.29 is 14.3 Å². The fourth-order valence-electron chi connectivity index (χ4n) is 2.43. The van der Waals surface area contributed by atoms with Crippen LogP contribution in [0.15, 0.2) is 0 Å². The molecule has 1 rings (SSSR count). The second-order valence-corrected chi connectivity index (χ2v) is 5.26. The second kappa shape index (κ2) is 8.79. The fourth-order valence-corrected chi connectivity index (χ4v) is 2.43. The van der Waals surface area contributed by atoms with Gasteiger partial charge in [-0.2, -0.15) is 0 Å². The van der Waals surface area contributed by atoms with Crippen LogP contribution in [0.25, 0.3) is 0 Å². The smallest absolute Gasteiger partial charge is 0.407 e. The molecule has 2 atom stereocenters. The highest BCUT2D eigenvalue weighted by Gasteiger charge is 2.26. The van der Waals surface area contributed by atoms with Gasteiger partial charge < -0.3 is 20.7 Å². The molecule has 0 aliphatic carbocycles. The van der Waals surface area contributed by atoms with E-state index >= 15 is 0 Å². The van der Waals surface area contributed by atoms with E-state index in [1.54, 1.807) is 6.92 Å². The van der Waals surface area contributed by atoms with E-state index in [0.29, 0.717) is 26.1 Å². The Morgan fingerprint density at radius 3 is 2.80 bits per heavy atom. The molecule has 6 heteroatoms. The molecule has 2 unspecified atom stereocenters. The van der Waals surface area contributed by atoms with E-state index in [-0.39, 0.29) is 17.9 Å². The SMILES string of the molecule is CCOC(=O)NC1CCCN(C(=O)CC(CC)CN)C1. The van der Waals surface area contributed by atoms with Crippen molar-refractivity contribution >= 4 is 12.0 Å². The number of nitrogens with zero attached hydrogens (tertiary/aromatic N) is 1. The zero-order valence-electron chi connectivity index (χ0n) is 12.6. The van der Waals surface area contributed by atoms with Gasteiger partial charge in [-0.05, 0) is 32.2 Å². The number of nitrogens with one attached hydrogen (secondary N) is 1. The van der Waals surface area contributed by atoms with Crippen LogP contribution < -0.4 is 11.1 Å². The van der Waals surface area contributed by atoms with Crippen molar-refractivity contribution in [2.24, 2.45) is 11.7 Å². The highest BCUT2D eigenvalue weighted by Crippen LogP contribution is 2.15. The molecule has 1 aliphatic heterocycles. The summed E-state index contributed by atoms with van der Waals surface area (Å²) in [5.41, 5.74) is 5.64. The summed E-state index contributed by atoms with van der Waals surface area (Å²) < 4.78 is 4.87. The Bertz CT molecular complexity index is 319. The summed E-state index contributed by atoms with van der Waals surface area (Å²) >= 11 is 0. The lowest BCUT2D eigenvalue weighted by Crippen LogP contribution is -2.50. The first-order chi connectivity index (χ1) is 9.60. The van der Waals surface area contributed by atoms with E-state index in [1.807, 2.05) is 11.8 Å². The molecular weight excluding hydrogens is 258 g/mol. The lowest BCUT2D eigenvalue weighted by atomic mass is 10.00. The molecule has 2 amide bonds. The maximum atomic E-state index is 12.2. The Labute approximate surface area is 121 Å². The van der Waals surface area contributed by atoms with Crippen molar-refractivity contribution in [2.75, 3.05) is 26.2 Å². The number of rotatable bonds is 6. The highest BCUT2D eigenvalue weighted by atomic mass is 16.5. The Morgan fingerprint density at radius 1 is 1.45 bits per heavy atom. The third kappa shape index (κ3) is 5.36. The van der Waals surface area contributed by atoms with Crippen LogP contribution in [-0.2, 0) is 9.53 Å². The molecule has 20 heavy (non-hydrogen) atoms. The van der Waals surface area contributed by atoms with Crippen LogP contribution in [0.1, 0.15) is 39.5 Å². The standard InChI is InChI=1S/C14H27N3O3/c1-3-11(9-15)8-13(18)17-7-5-6-12(10-17)16-14(19)20-4-2/h11-12H,3-10,15H2,1-2H3,(H,16,19). The summed E-state index contributed by atoms with van der Waals surface area (Å²) in [6.07, 6.45) is 2.80. The van der Waals surface area contributed by atoms with Crippen molar-refractivity contribution in [3.05, 3.63) is 0 Å². The molecule has 0 aromatic carbocycles. The first-order valence-electron chi connectivity index (χ1n) is 7.51. The third-order valence-electron chi connectivity index (χ3n) is 3.75. The summed E-state index contributed by atoms with van der Waals surface area (Å²) in [5.74, 6) is 0.388. The number of carbonyl (C=O) groups excluding carboxylic acids is 2. The Balaban J connectivity index is 2.43. The van der Waals surface area contributed by atoms with Gasteiger partial charge in [-0.1, -0.05) is 13.3 Å². The Kier molecular flexibility index (Phi) is 7.36. The number of nitrogens with two attached hydrogens (primary N) is 1. The predicted octanol–water partition coefficient (Wildman–Crippen LogP) is 1.10. The van der Waals surface area contributed by atoms with Crippen molar-refractivity contribution in [1.82, 2.24) is 10.2 Å². The van der Waals surface area contributed by atoms with Crippen molar-refractivity contribution in [2.45, 2.75) is 45.6 Å². The Morgan fingerprint density at radius 2 is 2.20 bits per heavy atom. The summed E-state index contributed by atoms with van der Waals surface area (Å²) in [5, 5.41) is 2.81. The minimum absolute atomic E-state index is 0.00953. The zero-order chi connectivity index (χ0) is 15.0. The van der Waals surface area contributed by atoms with Gasteiger partial charge in [0.25, 0.3) is 0 Å². The van der Waals surface area contributed by atoms with Gasteiger partial charge in [0.2, 0.25) is 5.91 Å². The molecule has 0 aromatic rings. The number of ether oxygens (including phenoxy) is 1. The predicted molar refractivity (Wildman–Crippen MR) is 77.2 cm³/mol. The molecule has 3 N–H and O–H groups in total. The van der Waals surface area contributed by atoms with Gasteiger partial charge in [-0.3, -0.25) is 4.79 Å². The molecule has 0 aromatic heterocycles. The molecule has 1 fully saturated rings. The van der Waals surface area contributed by atoms with Crippen molar-refractivity contribution in [3.63, 3.8) is 0 Å². The van der Waals surface area contributed by atoms with Gasteiger partial charge in [0.15, 0.2) is 0 Å². The number of carbonyl (C=O) groups is 2. The Hall–Kier alpha value is -1.30. The van der Waals surface area contributed by atoms with E-state index in [9.17, 15) is 9.59 Å². The van der Waals surface area contributed by atoms with Crippen LogP contribution in [0.5, 0.6) is 0 Å². The van der Waals surface area contributed by atoms with E-state index in [2.05, 4.69) is 5.32 Å². The molecule has 0 radical (unpaired) electrons. The number of amides is 2. The maximum absolute atomic E-state index is 12.2. The molecule has 1 heterocycles. The van der Waals surface area contributed by atoms with E-state index in [0.717, 1.165) is 25.8 Å². The van der Waals surface area contributed by atoms with Crippen LogP contribution >= 0.6 is 0 Å². The molecule has 0 spiro atoms. The largest absolute Gasteiger partial charge is 0.450 e. The first-order valence-corrected chi connectivity index (χ1v) is 7.51. The van der Waals surface area contributed by atoms with Crippen LogP contribution in [0.3, 0.4) is 0 Å².